The lowest BCUT2D eigenvalue weighted by atomic mass is 9.86. The smallest absolute Gasteiger partial charge is 0.407 e. The fraction of sp³-hybridized carbons (Fsp3) is 0.591. The van der Waals surface area contributed by atoms with Crippen molar-refractivity contribution in [1.29, 1.82) is 0 Å². The number of alkyl halides is 1. The highest BCUT2D eigenvalue weighted by Crippen LogP contribution is 2.21. The van der Waals surface area contributed by atoms with E-state index in [1.807, 2.05) is 30.3 Å². The molecular formula is C22H32ClN3O6. The van der Waals surface area contributed by atoms with Gasteiger partial charge in [-0.2, -0.15) is 0 Å². The van der Waals surface area contributed by atoms with Gasteiger partial charge in [-0.15, -0.1) is 11.6 Å². The molecule has 3 atom stereocenters. The van der Waals surface area contributed by atoms with E-state index in [9.17, 15) is 14.4 Å². The Morgan fingerprint density at radius 2 is 1.59 bits per heavy atom. The summed E-state index contributed by atoms with van der Waals surface area (Å²) in [4.78, 5) is 36.6. The topological polar surface area (TPSA) is 115 Å². The van der Waals surface area contributed by atoms with Crippen LogP contribution in [0.2, 0.25) is 0 Å². The molecule has 1 fully saturated rings. The van der Waals surface area contributed by atoms with Gasteiger partial charge in [0, 0.05) is 6.04 Å². The molecule has 10 heteroatoms. The highest BCUT2D eigenvalue weighted by molar-refractivity contribution is 6.18. The van der Waals surface area contributed by atoms with Crippen molar-refractivity contribution in [1.82, 2.24) is 16.0 Å². The van der Waals surface area contributed by atoms with Gasteiger partial charge in [0.2, 0.25) is 0 Å². The molecule has 3 amide bonds. The lowest BCUT2D eigenvalue weighted by molar-refractivity contribution is 0.0468. The third kappa shape index (κ3) is 9.64. The molecule has 0 bridgehead atoms. The Morgan fingerprint density at radius 3 is 2.25 bits per heavy atom. The first-order chi connectivity index (χ1) is 15.2. The third-order valence-corrected chi connectivity index (χ3v) is 4.86. The molecule has 1 aliphatic rings. The maximum Gasteiger partial charge on any atom is 0.407 e. The second kappa shape index (κ2) is 12.4. The largest absolute Gasteiger partial charge is 0.448 e. The molecule has 0 spiro atoms. The Bertz CT molecular complexity index is 756. The Hall–Kier alpha value is -2.68. The number of nitrogens with one attached hydrogen (secondary N) is 3. The summed E-state index contributed by atoms with van der Waals surface area (Å²) in [5, 5.41) is 8.40. The van der Waals surface area contributed by atoms with Crippen LogP contribution < -0.4 is 16.0 Å². The van der Waals surface area contributed by atoms with Crippen molar-refractivity contribution in [3.8, 4) is 0 Å². The zero-order valence-electron chi connectivity index (χ0n) is 18.7. The number of hydrogen-bond acceptors (Lipinski definition) is 6. The minimum atomic E-state index is -0.667. The molecule has 1 aromatic carbocycles. The van der Waals surface area contributed by atoms with Crippen molar-refractivity contribution in [3.63, 3.8) is 0 Å². The number of carbonyl (C=O) groups is 3. The van der Waals surface area contributed by atoms with Crippen molar-refractivity contribution in [2.75, 3.05) is 12.5 Å². The highest BCUT2D eigenvalue weighted by atomic mass is 35.5. The monoisotopic (exact) mass is 469 g/mol. The van der Waals surface area contributed by atoms with Gasteiger partial charge in [0.1, 0.15) is 18.8 Å². The molecule has 0 aliphatic heterocycles. The summed E-state index contributed by atoms with van der Waals surface area (Å²) in [6, 6.07) is 8.24. The van der Waals surface area contributed by atoms with Gasteiger partial charge >= 0.3 is 18.3 Å². The predicted molar refractivity (Wildman–Crippen MR) is 120 cm³/mol. The Morgan fingerprint density at radius 1 is 0.938 bits per heavy atom. The first kappa shape index (κ1) is 25.6. The van der Waals surface area contributed by atoms with Crippen LogP contribution in [-0.4, -0.2) is 54.5 Å². The Balaban J connectivity index is 1.95. The summed E-state index contributed by atoms with van der Waals surface area (Å²) >= 11 is 5.54. The van der Waals surface area contributed by atoms with Crippen molar-refractivity contribution in [2.45, 2.75) is 70.4 Å². The van der Waals surface area contributed by atoms with Gasteiger partial charge in [0.15, 0.2) is 0 Å². The number of hydrogen-bond donors (Lipinski definition) is 3. The van der Waals surface area contributed by atoms with E-state index >= 15 is 0 Å². The molecule has 32 heavy (non-hydrogen) atoms. The van der Waals surface area contributed by atoms with Crippen molar-refractivity contribution in [2.24, 2.45) is 0 Å². The van der Waals surface area contributed by atoms with Crippen LogP contribution in [0.5, 0.6) is 0 Å². The molecule has 9 nitrogen and oxygen atoms in total. The van der Waals surface area contributed by atoms with E-state index in [1.54, 1.807) is 20.8 Å². The number of carbonyl (C=O) groups excluding carboxylic acids is 3. The molecule has 1 aliphatic carbocycles. The minimum Gasteiger partial charge on any atom is -0.448 e. The third-order valence-electron chi connectivity index (χ3n) is 4.70. The summed E-state index contributed by atoms with van der Waals surface area (Å²) in [7, 11) is 0. The predicted octanol–water partition coefficient (Wildman–Crippen LogP) is 3.69. The van der Waals surface area contributed by atoms with Crippen molar-refractivity contribution in [3.05, 3.63) is 35.9 Å². The molecule has 0 aromatic heterocycles. The van der Waals surface area contributed by atoms with Gasteiger partial charge in [-0.3, -0.25) is 0 Å². The van der Waals surface area contributed by atoms with E-state index in [2.05, 4.69) is 16.0 Å². The Kier molecular flexibility index (Phi) is 9.90. The number of benzene rings is 1. The van der Waals surface area contributed by atoms with Crippen LogP contribution in [0.1, 0.15) is 45.6 Å². The molecule has 178 valence electrons. The maximum atomic E-state index is 12.3. The molecule has 1 aromatic rings. The van der Waals surface area contributed by atoms with Gasteiger partial charge < -0.3 is 30.2 Å². The normalized spacial score (nSPS) is 20.6. The minimum absolute atomic E-state index is 0.108. The van der Waals surface area contributed by atoms with E-state index in [0.717, 1.165) is 5.56 Å². The molecule has 0 unspecified atom stereocenters. The van der Waals surface area contributed by atoms with Gasteiger partial charge in [0.05, 0.1) is 18.0 Å². The molecule has 0 saturated heterocycles. The molecule has 1 saturated carbocycles. The van der Waals surface area contributed by atoms with Crippen LogP contribution in [0.3, 0.4) is 0 Å². The van der Waals surface area contributed by atoms with E-state index in [-0.39, 0.29) is 31.2 Å². The summed E-state index contributed by atoms with van der Waals surface area (Å²) in [6.45, 7) is 5.54. The average Bonchev–Trinajstić information content (AvgIpc) is 2.72. The lowest BCUT2D eigenvalue weighted by Crippen LogP contribution is -2.58. The number of amides is 3. The zero-order valence-corrected chi connectivity index (χ0v) is 19.4. The van der Waals surface area contributed by atoms with Crippen molar-refractivity contribution < 1.29 is 28.6 Å². The quantitative estimate of drug-likeness (QED) is 0.414. The number of rotatable bonds is 7. The van der Waals surface area contributed by atoms with Gasteiger partial charge in [-0.05, 0) is 45.6 Å². The van der Waals surface area contributed by atoms with Crippen molar-refractivity contribution >= 4 is 29.9 Å². The highest BCUT2D eigenvalue weighted by Gasteiger charge is 2.35. The fourth-order valence-electron chi connectivity index (χ4n) is 3.35. The molecular weight excluding hydrogens is 438 g/mol. The average molecular weight is 470 g/mol. The Labute approximate surface area is 193 Å². The van der Waals surface area contributed by atoms with Crippen LogP contribution in [-0.2, 0) is 20.8 Å². The first-order valence-electron chi connectivity index (χ1n) is 10.6. The molecule has 0 heterocycles. The van der Waals surface area contributed by atoms with Crippen LogP contribution in [0.4, 0.5) is 14.4 Å². The summed E-state index contributed by atoms with van der Waals surface area (Å²) in [5.41, 5.74) is 0.203. The molecule has 0 radical (unpaired) electrons. The molecule has 2 rings (SSSR count). The van der Waals surface area contributed by atoms with Crippen LogP contribution >= 0.6 is 11.6 Å². The number of ether oxygens (including phenoxy) is 3. The summed E-state index contributed by atoms with van der Waals surface area (Å²) in [5.74, 6) is 0.206. The summed E-state index contributed by atoms with van der Waals surface area (Å²) < 4.78 is 15.6. The SMILES string of the molecule is CC(C)(C)OC(=O)N[C@@H]1C[C@@H](NC(=O)OCCCl)CC[C@@H]1NC(=O)OCc1ccccc1. The number of alkyl carbamates (subject to hydrolysis) is 3. The first-order valence-corrected chi connectivity index (χ1v) is 11.2. The fourth-order valence-corrected chi connectivity index (χ4v) is 3.43. The maximum absolute atomic E-state index is 12.3. The second-order valence-corrected chi connectivity index (χ2v) is 8.92. The standard InChI is InChI=1S/C22H32ClN3O6/c1-22(2,3)32-21(29)26-18-13-16(24-19(27)30-12-11-23)9-10-17(18)25-20(28)31-14-15-7-5-4-6-8-15/h4-8,16-18H,9-14H2,1-3H3,(H,24,27)(H,25,28)(H,26,29)/t16-,17-,18+/m0/s1. The molecule has 3 N–H and O–H groups in total. The van der Waals surface area contributed by atoms with E-state index in [0.29, 0.717) is 19.3 Å². The van der Waals surface area contributed by atoms with Crippen LogP contribution in [0, 0.1) is 0 Å². The summed E-state index contributed by atoms with van der Waals surface area (Å²) in [6.07, 6.45) is -0.257. The van der Waals surface area contributed by atoms with Crippen LogP contribution in [0.15, 0.2) is 30.3 Å². The van der Waals surface area contributed by atoms with Gasteiger partial charge in [-0.1, -0.05) is 30.3 Å². The van der Waals surface area contributed by atoms with Crippen LogP contribution in [0.25, 0.3) is 0 Å². The lowest BCUT2D eigenvalue weighted by Gasteiger charge is -2.37. The van der Waals surface area contributed by atoms with Gasteiger partial charge in [-0.25, -0.2) is 14.4 Å². The van der Waals surface area contributed by atoms with Gasteiger partial charge in [0.25, 0.3) is 0 Å². The van der Waals surface area contributed by atoms with E-state index in [1.165, 1.54) is 0 Å². The van der Waals surface area contributed by atoms with E-state index < -0.39 is 29.9 Å². The second-order valence-electron chi connectivity index (χ2n) is 8.54. The number of halogens is 1. The van der Waals surface area contributed by atoms with E-state index in [4.69, 9.17) is 25.8 Å². The zero-order chi connectivity index (χ0) is 23.6.